The number of benzene rings is 2. The first-order valence-electron chi connectivity index (χ1n) is 9.00. The molecule has 0 aromatic heterocycles. The van der Waals surface area contributed by atoms with E-state index in [1.54, 1.807) is 48.5 Å². The van der Waals surface area contributed by atoms with E-state index in [9.17, 15) is 14.4 Å². The number of nitrogens with zero attached hydrogens (tertiary/aromatic N) is 1. The van der Waals surface area contributed by atoms with Crippen molar-refractivity contribution in [2.24, 2.45) is 11.8 Å². The van der Waals surface area contributed by atoms with Crippen molar-refractivity contribution in [3.05, 3.63) is 58.6 Å². The molecule has 2 aromatic carbocycles. The summed E-state index contributed by atoms with van der Waals surface area (Å²) in [5, 5.41) is 0. The highest BCUT2D eigenvalue weighted by molar-refractivity contribution is 9.10. The SMILES string of the molecule is O=C(Oc1cccc(N2C(=O)[C@H]3CCCC[C@H]3C2=O)c1)c1ccc(Br)cc1. The van der Waals surface area contributed by atoms with Crippen LogP contribution in [0.25, 0.3) is 0 Å². The van der Waals surface area contributed by atoms with Crippen molar-refractivity contribution in [1.29, 1.82) is 0 Å². The van der Waals surface area contributed by atoms with Crippen LogP contribution in [0.5, 0.6) is 5.75 Å². The maximum atomic E-state index is 12.7. The molecule has 1 aliphatic heterocycles. The van der Waals surface area contributed by atoms with E-state index in [1.807, 2.05) is 0 Å². The van der Waals surface area contributed by atoms with E-state index in [0.717, 1.165) is 30.2 Å². The summed E-state index contributed by atoms with van der Waals surface area (Å²) in [6, 6.07) is 13.4. The van der Waals surface area contributed by atoms with Gasteiger partial charge in [0.25, 0.3) is 0 Å². The maximum Gasteiger partial charge on any atom is 0.343 e. The molecule has 1 saturated heterocycles. The predicted molar refractivity (Wildman–Crippen MR) is 103 cm³/mol. The van der Waals surface area contributed by atoms with Crippen LogP contribution in [0.4, 0.5) is 5.69 Å². The van der Waals surface area contributed by atoms with Crippen molar-refractivity contribution < 1.29 is 19.1 Å². The van der Waals surface area contributed by atoms with Gasteiger partial charge in [-0.15, -0.1) is 0 Å². The topological polar surface area (TPSA) is 63.7 Å². The fourth-order valence-corrected chi connectivity index (χ4v) is 4.12. The Morgan fingerprint density at radius 3 is 2.22 bits per heavy atom. The molecule has 2 aliphatic rings. The molecule has 6 heteroatoms. The molecule has 0 unspecified atom stereocenters. The average molecular weight is 428 g/mol. The molecule has 0 N–H and O–H groups in total. The summed E-state index contributed by atoms with van der Waals surface area (Å²) in [4.78, 5) is 39.0. The molecular weight excluding hydrogens is 410 g/mol. The average Bonchev–Trinajstić information content (AvgIpc) is 2.93. The summed E-state index contributed by atoms with van der Waals surface area (Å²) in [5.74, 6) is -0.883. The lowest BCUT2D eigenvalue weighted by Gasteiger charge is -2.19. The van der Waals surface area contributed by atoms with Gasteiger partial charge in [-0.05, 0) is 49.2 Å². The summed E-state index contributed by atoms with van der Waals surface area (Å²) >= 11 is 3.32. The molecule has 2 amide bonds. The number of hydrogen-bond acceptors (Lipinski definition) is 4. The van der Waals surface area contributed by atoms with Crippen molar-refractivity contribution in [3.8, 4) is 5.75 Å². The molecule has 27 heavy (non-hydrogen) atoms. The van der Waals surface area contributed by atoms with Crippen molar-refractivity contribution in [2.45, 2.75) is 25.7 Å². The molecule has 2 aromatic rings. The number of imide groups is 1. The Hall–Kier alpha value is -2.47. The van der Waals surface area contributed by atoms with Gasteiger partial charge >= 0.3 is 5.97 Å². The summed E-state index contributed by atoms with van der Waals surface area (Å²) in [7, 11) is 0. The highest BCUT2D eigenvalue weighted by Crippen LogP contribution is 2.40. The highest BCUT2D eigenvalue weighted by atomic mass is 79.9. The van der Waals surface area contributed by atoms with E-state index < -0.39 is 5.97 Å². The third-order valence-electron chi connectivity index (χ3n) is 5.21. The van der Waals surface area contributed by atoms with E-state index in [-0.39, 0.29) is 23.7 Å². The lowest BCUT2D eigenvalue weighted by Crippen LogP contribution is -2.30. The quantitative estimate of drug-likeness (QED) is 0.414. The number of ether oxygens (including phenoxy) is 1. The summed E-state index contributed by atoms with van der Waals surface area (Å²) in [5.41, 5.74) is 0.878. The Morgan fingerprint density at radius 2 is 1.59 bits per heavy atom. The molecule has 1 aliphatic carbocycles. The number of rotatable bonds is 3. The number of anilines is 1. The largest absolute Gasteiger partial charge is 0.423 e. The van der Waals surface area contributed by atoms with Crippen LogP contribution in [-0.4, -0.2) is 17.8 Å². The molecule has 0 bridgehead atoms. The maximum absolute atomic E-state index is 12.7. The van der Waals surface area contributed by atoms with Crippen LogP contribution in [-0.2, 0) is 9.59 Å². The third kappa shape index (κ3) is 3.41. The Labute approximate surface area is 165 Å². The van der Waals surface area contributed by atoms with E-state index in [1.165, 1.54) is 4.90 Å². The number of carbonyl (C=O) groups excluding carboxylic acids is 3. The second kappa shape index (κ2) is 7.27. The first-order chi connectivity index (χ1) is 13.0. The van der Waals surface area contributed by atoms with Gasteiger partial charge in [0.2, 0.25) is 11.8 Å². The van der Waals surface area contributed by atoms with E-state index in [2.05, 4.69) is 15.9 Å². The Morgan fingerprint density at radius 1 is 0.963 bits per heavy atom. The van der Waals surface area contributed by atoms with Crippen LogP contribution < -0.4 is 9.64 Å². The molecule has 0 radical (unpaired) electrons. The summed E-state index contributed by atoms with van der Waals surface area (Å²) in [6.07, 6.45) is 3.51. The normalized spacial score (nSPS) is 21.9. The molecule has 0 spiro atoms. The lowest BCUT2D eigenvalue weighted by molar-refractivity contribution is -0.122. The van der Waals surface area contributed by atoms with Gasteiger partial charge in [-0.25, -0.2) is 9.69 Å². The van der Waals surface area contributed by atoms with Gasteiger partial charge in [-0.2, -0.15) is 0 Å². The number of esters is 1. The van der Waals surface area contributed by atoms with Crippen molar-refractivity contribution in [3.63, 3.8) is 0 Å². The van der Waals surface area contributed by atoms with Gasteiger partial charge in [0.15, 0.2) is 0 Å². The van der Waals surface area contributed by atoms with Gasteiger partial charge in [-0.3, -0.25) is 9.59 Å². The van der Waals surface area contributed by atoms with Crippen LogP contribution >= 0.6 is 15.9 Å². The minimum Gasteiger partial charge on any atom is -0.423 e. The number of carbonyl (C=O) groups is 3. The fraction of sp³-hybridized carbons (Fsp3) is 0.286. The molecule has 2 atom stereocenters. The number of amides is 2. The second-order valence-corrected chi connectivity index (χ2v) is 7.82. The number of hydrogen-bond donors (Lipinski definition) is 0. The molecule has 1 saturated carbocycles. The Bertz CT molecular complexity index is 885. The molecule has 4 rings (SSSR count). The van der Waals surface area contributed by atoms with Crippen LogP contribution in [0, 0.1) is 11.8 Å². The van der Waals surface area contributed by atoms with Gasteiger partial charge in [0.1, 0.15) is 5.75 Å². The minimum absolute atomic E-state index is 0.138. The zero-order valence-corrected chi connectivity index (χ0v) is 16.1. The monoisotopic (exact) mass is 427 g/mol. The van der Waals surface area contributed by atoms with Gasteiger partial charge in [-0.1, -0.05) is 34.8 Å². The van der Waals surface area contributed by atoms with Crippen LogP contribution in [0.3, 0.4) is 0 Å². The number of halogens is 1. The van der Waals surface area contributed by atoms with E-state index in [4.69, 9.17) is 4.74 Å². The molecule has 5 nitrogen and oxygen atoms in total. The predicted octanol–water partition coefficient (Wildman–Crippen LogP) is 4.35. The van der Waals surface area contributed by atoms with Crippen LogP contribution in [0.15, 0.2) is 53.0 Å². The first kappa shape index (κ1) is 17.9. The molecule has 1 heterocycles. The Kier molecular flexibility index (Phi) is 4.83. The van der Waals surface area contributed by atoms with Crippen molar-refractivity contribution in [1.82, 2.24) is 0 Å². The minimum atomic E-state index is -0.493. The molecule has 2 fully saturated rings. The molecular formula is C21H18BrNO4. The standard InChI is InChI=1S/C21H18BrNO4/c22-14-10-8-13(9-11-14)21(26)27-16-5-3-4-15(12-16)23-19(24)17-6-1-2-7-18(17)20(23)25/h3-5,8-12,17-18H,1-2,6-7H2/t17-,18+. The Balaban J connectivity index is 1.56. The van der Waals surface area contributed by atoms with Gasteiger partial charge in [0, 0.05) is 10.5 Å². The van der Waals surface area contributed by atoms with Crippen LogP contribution in [0.2, 0.25) is 0 Å². The van der Waals surface area contributed by atoms with Gasteiger partial charge in [0.05, 0.1) is 23.1 Å². The van der Waals surface area contributed by atoms with Crippen molar-refractivity contribution >= 4 is 39.4 Å². The zero-order chi connectivity index (χ0) is 19.0. The zero-order valence-electron chi connectivity index (χ0n) is 14.6. The fourth-order valence-electron chi connectivity index (χ4n) is 3.85. The van der Waals surface area contributed by atoms with Crippen LogP contribution in [0.1, 0.15) is 36.0 Å². The number of fused-ring (bicyclic) bond motifs is 1. The smallest absolute Gasteiger partial charge is 0.343 e. The van der Waals surface area contributed by atoms with Crippen molar-refractivity contribution in [2.75, 3.05) is 4.90 Å². The third-order valence-corrected chi connectivity index (χ3v) is 5.74. The summed E-state index contributed by atoms with van der Waals surface area (Å²) < 4.78 is 6.30. The summed E-state index contributed by atoms with van der Waals surface area (Å²) in [6.45, 7) is 0. The highest BCUT2D eigenvalue weighted by Gasteiger charge is 2.48. The molecule has 138 valence electrons. The lowest BCUT2D eigenvalue weighted by atomic mass is 9.81. The van der Waals surface area contributed by atoms with E-state index in [0.29, 0.717) is 17.0 Å². The van der Waals surface area contributed by atoms with E-state index >= 15 is 0 Å². The van der Waals surface area contributed by atoms with Gasteiger partial charge < -0.3 is 4.74 Å². The first-order valence-corrected chi connectivity index (χ1v) is 9.79. The second-order valence-electron chi connectivity index (χ2n) is 6.90.